The first-order valence-electron chi connectivity index (χ1n) is 6.35. The molecule has 5 nitrogen and oxygen atoms in total. The number of aromatic nitrogens is 1. The molecule has 2 heterocycles. The molecule has 1 aromatic carbocycles. The second-order valence-electron chi connectivity index (χ2n) is 4.68. The van der Waals surface area contributed by atoms with Crippen LogP contribution >= 0.6 is 11.3 Å². The highest BCUT2D eigenvalue weighted by atomic mass is 32.1. The number of carbonyl (C=O) groups excluding carboxylic acids is 1. The maximum Gasteiger partial charge on any atom is 0.267 e. The number of nitrogens with one attached hydrogen (secondary N) is 1. The lowest BCUT2D eigenvalue weighted by Gasteiger charge is -2.09. The molecule has 0 unspecified atom stereocenters. The third kappa shape index (κ3) is 2.25. The highest BCUT2D eigenvalue weighted by Gasteiger charge is 2.21. The molecule has 0 aliphatic rings. The van der Waals surface area contributed by atoms with E-state index in [1.165, 1.54) is 47.2 Å². The molecule has 0 aliphatic carbocycles. The number of nitrogens with zero attached hydrogens (tertiary/aromatic N) is 1. The monoisotopic (exact) mass is 318 g/mol. The lowest BCUT2D eigenvalue weighted by molar-refractivity contribution is 0.102. The van der Waals surface area contributed by atoms with Crippen molar-refractivity contribution in [1.82, 2.24) is 4.57 Å². The molecular weight excluding hydrogens is 307 g/mol. The van der Waals surface area contributed by atoms with Crippen LogP contribution in [0.2, 0.25) is 0 Å². The van der Waals surface area contributed by atoms with Gasteiger partial charge in [0, 0.05) is 12.7 Å². The van der Waals surface area contributed by atoms with Gasteiger partial charge >= 0.3 is 0 Å². The van der Waals surface area contributed by atoms with E-state index >= 15 is 0 Å². The third-order valence-electron chi connectivity index (χ3n) is 3.31. The van der Waals surface area contributed by atoms with Gasteiger partial charge in [0.2, 0.25) is 0 Å². The number of amides is 1. The van der Waals surface area contributed by atoms with E-state index in [2.05, 4.69) is 5.32 Å². The first-order chi connectivity index (χ1) is 10.5. The molecular formula is C15H11FN2O3S. The van der Waals surface area contributed by atoms with E-state index in [4.69, 9.17) is 0 Å². The number of carbonyl (C=O) groups is 1. The molecule has 7 heteroatoms. The summed E-state index contributed by atoms with van der Waals surface area (Å²) < 4.78 is 14.6. The zero-order valence-corrected chi connectivity index (χ0v) is 12.3. The van der Waals surface area contributed by atoms with Gasteiger partial charge in [0.15, 0.2) is 5.75 Å². The van der Waals surface area contributed by atoms with Crippen LogP contribution in [0.5, 0.6) is 5.75 Å². The van der Waals surface area contributed by atoms with Crippen LogP contribution in [0, 0.1) is 5.82 Å². The standard InChI is InChI=1S/C15H11FN2O3S/c1-18-10-6-7-22-13(10)12(19)11(15(18)21)14(20)17-9-4-2-8(16)3-5-9/h2-7,19H,1H3,(H,17,20). The number of aryl methyl sites for hydroxylation is 1. The van der Waals surface area contributed by atoms with Gasteiger partial charge in [0.1, 0.15) is 11.4 Å². The molecule has 2 aromatic heterocycles. The van der Waals surface area contributed by atoms with E-state index in [1.54, 1.807) is 11.4 Å². The Kier molecular flexibility index (Phi) is 3.42. The Morgan fingerprint density at radius 3 is 2.64 bits per heavy atom. The van der Waals surface area contributed by atoms with Crippen molar-refractivity contribution >= 4 is 33.1 Å². The molecule has 3 rings (SSSR count). The number of aromatic hydroxyl groups is 1. The van der Waals surface area contributed by atoms with E-state index in [-0.39, 0.29) is 11.3 Å². The van der Waals surface area contributed by atoms with Crippen LogP contribution in [-0.2, 0) is 7.05 Å². The Labute approximate surface area is 128 Å². The summed E-state index contributed by atoms with van der Waals surface area (Å²) in [5.41, 5.74) is -0.0326. The van der Waals surface area contributed by atoms with Gasteiger partial charge < -0.3 is 15.0 Å². The molecule has 3 aromatic rings. The van der Waals surface area contributed by atoms with Crippen molar-refractivity contribution in [2.45, 2.75) is 0 Å². The lowest BCUT2D eigenvalue weighted by Crippen LogP contribution is -2.27. The lowest BCUT2D eigenvalue weighted by atomic mass is 10.2. The molecule has 2 N–H and O–H groups in total. The first kappa shape index (κ1) is 14.3. The Morgan fingerprint density at radius 1 is 1.27 bits per heavy atom. The molecule has 22 heavy (non-hydrogen) atoms. The summed E-state index contributed by atoms with van der Waals surface area (Å²) in [6, 6.07) is 6.83. The topological polar surface area (TPSA) is 71.3 Å². The van der Waals surface area contributed by atoms with Crippen molar-refractivity contribution in [2.24, 2.45) is 7.05 Å². The fourth-order valence-corrected chi connectivity index (χ4v) is 3.04. The van der Waals surface area contributed by atoms with E-state index in [9.17, 15) is 19.1 Å². The molecule has 0 fully saturated rings. The zero-order valence-electron chi connectivity index (χ0n) is 11.5. The van der Waals surface area contributed by atoms with Crippen LogP contribution in [0.1, 0.15) is 10.4 Å². The van der Waals surface area contributed by atoms with Crippen LogP contribution < -0.4 is 10.9 Å². The highest BCUT2D eigenvalue weighted by Crippen LogP contribution is 2.30. The van der Waals surface area contributed by atoms with Gasteiger partial charge in [-0.2, -0.15) is 0 Å². The summed E-state index contributed by atoms with van der Waals surface area (Å²) in [6.45, 7) is 0. The summed E-state index contributed by atoms with van der Waals surface area (Å²) >= 11 is 1.24. The van der Waals surface area contributed by atoms with Gasteiger partial charge in [-0.15, -0.1) is 11.3 Å². The van der Waals surface area contributed by atoms with E-state index in [0.717, 1.165) is 0 Å². The minimum absolute atomic E-state index is 0.332. The molecule has 0 aliphatic heterocycles. The average Bonchev–Trinajstić information content (AvgIpc) is 2.97. The smallest absolute Gasteiger partial charge is 0.267 e. The third-order valence-corrected chi connectivity index (χ3v) is 4.22. The zero-order chi connectivity index (χ0) is 15.9. The number of halogens is 1. The Balaban J connectivity index is 2.07. The largest absolute Gasteiger partial charge is 0.505 e. The number of anilines is 1. The minimum atomic E-state index is -0.736. The quantitative estimate of drug-likeness (QED) is 0.763. The predicted octanol–water partition coefficient (Wildman–Crippen LogP) is 2.70. The summed E-state index contributed by atoms with van der Waals surface area (Å²) in [7, 11) is 1.53. The van der Waals surface area contributed by atoms with Crippen molar-refractivity contribution < 1.29 is 14.3 Å². The first-order valence-corrected chi connectivity index (χ1v) is 7.23. The van der Waals surface area contributed by atoms with Crippen molar-refractivity contribution in [3.63, 3.8) is 0 Å². The average molecular weight is 318 g/mol. The summed E-state index contributed by atoms with van der Waals surface area (Å²) in [4.78, 5) is 24.6. The maximum atomic E-state index is 12.9. The van der Waals surface area contributed by atoms with Gasteiger partial charge in [-0.25, -0.2) is 4.39 Å². The van der Waals surface area contributed by atoms with Crippen LogP contribution in [0.3, 0.4) is 0 Å². The number of thiophene rings is 1. The summed E-state index contributed by atoms with van der Waals surface area (Å²) in [5.74, 6) is -1.51. The van der Waals surface area contributed by atoms with Gasteiger partial charge in [-0.3, -0.25) is 9.59 Å². The minimum Gasteiger partial charge on any atom is -0.505 e. The van der Waals surface area contributed by atoms with Crippen LogP contribution in [-0.4, -0.2) is 15.6 Å². The van der Waals surface area contributed by atoms with Crippen molar-refractivity contribution in [3.05, 3.63) is 57.4 Å². The number of fused-ring (bicyclic) bond motifs is 1. The van der Waals surface area contributed by atoms with E-state index in [0.29, 0.717) is 15.9 Å². The number of rotatable bonds is 2. The van der Waals surface area contributed by atoms with Crippen molar-refractivity contribution in [2.75, 3.05) is 5.32 Å². The van der Waals surface area contributed by atoms with Crippen LogP contribution in [0.4, 0.5) is 10.1 Å². The molecule has 112 valence electrons. The number of benzene rings is 1. The molecule has 0 atom stereocenters. The van der Waals surface area contributed by atoms with Gasteiger partial charge in [-0.1, -0.05) is 0 Å². The fraction of sp³-hybridized carbons (Fsp3) is 0.0667. The Bertz CT molecular complexity index is 928. The second kappa shape index (κ2) is 5.27. The Hall–Kier alpha value is -2.67. The molecule has 0 saturated carbocycles. The van der Waals surface area contributed by atoms with Crippen LogP contribution in [0.25, 0.3) is 10.2 Å². The number of pyridine rings is 1. The molecule has 1 amide bonds. The molecule has 0 saturated heterocycles. The fourth-order valence-electron chi connectivity index (χ4n) is 2.17. The molecule has 0 radical (unpaired) electrons. The summed E-state index contributed by atoms with van der Waals surface area (Å²) in [6.07, 6.45) is 0. The molecule has 0 bridgehead atoms. The van der Waals surface area contributed by atoms with Crippen LogP contribution in [0.15, 0.2) is 40.5 Å². The van der Waals surface area contributed by atoms with E-state index < -0.39 is 17.3 Å². The molecule has 0 spiro atoms. The summed E-state index contributed by atoms with van der Waals surface area (Å²) in [5, 5.41) is 14.4. The van der Waals surface area contributed by atoms with Gasteiger partial charge in [-0.05, 0) is 35.7 Å². The second-order valence-corrected chi connectivity index (χ2v) is 5.60. The number of hydrogen-bond acceptors (Lipinski definition) is 4. The van der Waals surface area contributed by atoms with Crippen molar-refractivity contribution in [1.29, 1.82) is 0 Å². The van der Waals surface area contributed by atoms with E-state index in [1.807, 2.05) is 0 Å². The maximum absolute atomic E-state index is 12.9. The van der Waals surface area contributed by atoms with Gasteiger partial charge in [0.05, 0.1) is 10.2 Å². The highest BCUT2D eigenvalue weighted by molar-refractivity contribution is 7.17. The normalized spacial score (nSPS) is 10.8. The number of hydrogen-bond donors (Lipinski definition) is 2. The van der Waals surface area contributed by atoms with Gasteiger partial charge in [0.25, 0.3) is 11.5 Å². The Morgan fingerprint density at radius 2 is 1.95 bits per heavy atom. The SMILES string of the molecule is Cn1c(=O)c(C(=O)Nc2ccc(F)cc2)c(O)c2sccc21. The predicted molar refractivity (Wildman–Crippen MR) is 83.1 cm³/mol. The van der Waals surface area contributed by atoms with Crippen molar-refractivity contribution in [3.8, 4) is 5.75 Å².